The first-order valence-corrected chi connectivity index (χ1v) is 5.60. The van der Waals surface area contributed by atoms with E-state index < -0.39 is 23.8 Å². The van der Waals surface area contributed by atoms with Crippen LogP contribution in [-0.2, 0) is 14.4 Å². The van der Waals surface area contributed by atoms with Crippen LogP contribution in [0.1, 0.15) is 17.3 Å². The van der Waals surface area contributed by atoms with Gasteiger partial charge in [0.2, 0.25) is 5.92 Å². The average molecular weight is 279 g/mol. The lowest BCUT2D eigenvalue weighted by molar-refractivity contribution is -0.157. The Morgan fingerprint density at radius 1 is 1.00 bits per heavy atom. The first kappa shape index (κ1) is 15.4. The Bertz CT molecular complexity index is 549. The number of rotatable bonds is 5. The van der Waals surface area contributed by atoms with Crippen molar-refractivity contribution < 1.29 is 29.4 Å². The molecule has 7 heteroatoms. The molecule has 0 aromatic heterocycles. The Balaban J connectivity index is 3.01. The second-order valence-corrected chi connectivity index (χ2v) is 4.11. The van der Waals surface area contributed by atoms with E-state index in [0.29, 0.717) is 11.3 Å². The van der Waals surface area contributed by atoms with Gasteiger partial charge in [0.1, 0.15) is 0 Å². The smallest absolute Gasteiger partial charge is 0.327 e. The lowest BCUT2D eigenvalue weighted by Crippen LogP contribution is -2.41. The molecule has 0 fully saturated rings. The van der Waals surface area contributed by atoms with E-state index >= 15 is 0 Å². The summed E-state index contributed by atoms with van der Waals surface area (Å²) in [6.45, 7) is 1.38. The van der Waals surface area contributed by atoms with Crippen molar-refractivity contribution in [1.82, 2.24) is 0 Å². The summed E-state index contributed by atoms with van der Waals surface area (Å²) in [5, 5.41) is 17.5. The standard InChI is InChI=1S/C13H13NO6/c1-7(15)8-3-5-9(6-4-8)14(2)11(16)10(12(17)18)13(19)20/h3-6,10H,1-2H3,(H,17,18)(H,19,20). The number of hydrogen-bond acceptors (Lipinski definition) is 4. The average Bonchev–Trinajstić information content (AvgIpc) is 2.37. The third-order valence-corrected chi connectivity index (χ3v) is 2.73. The predicted octanol–water partition coefficient (Wildman–Crippen LogP) is 0.637. The van der Waals surface area contributed by atoms with Gasteiger partial charge in [0.25, 0.3) is 5.91 Å². The van der Waals surface area contributed by atoms with Crippen LogP contribution >= 0.6 is 0 Å². The second-order valence-electron chi connectivity index (χ2n) is 4.11. The number of amides is 1. The van der Waals surface area contributed by atoms with E-state index in [0.717, 1.165) is 4.90 Å². The Labute approximate surface area is 114 Å². The molecule has 7 nitrogen and oxygen atoms in total. The number of benzene rings is 1. The van der Waals surface area contributed by atoms with E-state index in [-0.39, 0.29) is 5.78 Å². The van der Waals surface area contributed by atoms with Crippen molar-refractivity contribution in [3.63, 3.8) is 0 Å². The Morgan fingerprint density at radius 2 is 1.45 bits per heavy atom. The van der Waals surface area contributed by atoms with Crippen molar-refractivity contribution in [3.05, 3.63) is 29.8 Å². The number of carboxylic acid groups (broad SMARTS) is 2. The van der Waals surface area contributed by atoms with Crippen molar-refractivity contribution in [2.45, 2.75) is 6.92 Å². The van der Waals surface area contributed by atoms with Crippen molar-refractivity contribution in [2.75, 3.05) is 11.9 Å². The van der Waals surface area contributed by atoms with Crippen LogP contribution in [-0.4, -0.2) is 40.9 Å². The molecule has 0 saturated heterocycles. The van der Waals surface area contributed by atoms with Crippen molar-refractivity contribution in [1.29, 1.82) is 0 Å². The SMILES string of the molecule is CC(=O)c1ccc(N(C)C(=O)C(C(=O)O)C(=O)O)cc1. The molecule has 0 spiro atoms. The fraction of sp³-hybridized carbons (Fsp3) is 0.231. The lowest BCUT2D eigenvalue weighted by atomic mass is 10.1. The van der Waals surface area contributed by atoms with E-state index in [4.69, 9.17) is 10.2 Å². The predicted molar refractivity (Wildman–Crippen MR) is 68.6 cm³/mol. The monoisotopic (exact) mass is 279 g/mol. The van der Waals surface area contributed by atoms with Gasteiger partial charge in [-0.05, 0) is 31.2 Å². The van der Waals surface area contributed by atoms with Crippen LogP contribution in [0.4, 0.5) is 5.69 Å². The number of aliphatic carboxylic acids is 2. The molecule has 1 amide bonds. The van der Waals surface area contributed by atoms with E-state index in [2.05, 4.69) is 0 Å². The molecule has 1 rings (SSSR count). The number of carbonyl (C=O) groups is 4. The molecule has 2 N–H and O–H groups in total. The summed E-state index contributed by atoms with van der Waals surface area (Å²) in [5.41, 5.74) is 0.732. The van der Waals surface area contributed by atoms with Gasteiger partial charge in [-0.1, -0.05) is 0 Å². The molecule has 20 heavy (non-hydrogen) atoms. The summed E-state index contributed by atoms with van der Waals surface area (Å²) in [4.78, 5) is 45.5. The first-order chi connectivity index (χ1) is 9.25. The molecule has 0 aliphatic carbocycles. The summed E-state index contributed by atoms with van der Waals surface area (Å²) >= 11 is 0. The maximum atomic E-state index is 11.8. The molecule has 0 heterocycles. The van der Waals surface area contributed by atoms with Gasteiger partial charge < -0.3 is 15.1 Å². The van der Waals surface area contributed by atoms with Crippen LogP contribution in [0.25, 0.3) is 0 Å². The highest BCUT2D eigenvalue weighted by atomic mass is 16.4. The van der Waals surface area contributed by atoms with Gasteiger partial charge in [-0.25, -0.2) is 0 Å². The minimum atomic E-state index is -2.16. The van der Waals surface area contributed by atoms with Gasteiger partial charge in [-0.3, -0.25) is 19.2 Å². The molecule has 0 radical (unpaired) electrons. The van der Waals surface area contributed by atoms with Gasteiger partial charge in [-0.15, -0.1) is 0 Å². The molecule has 0 atom stereocenters. The molecule has 1 aromatic rings. The third kappa shape index (κ3) is 3.19. The second kappa shape index (κ2) is 5.96. The van der Waals surface area contributed by atoms with Gasteiger partial charge >= 0.3 is 11.9 Å². The Kier molecular flexibility index (Phi) is 4.58. The maximum Gasteiger partial charge on any atom is 0.327 e. The van der Waals surface area contributed by atoms with Crippen molar-refractivity contribution in [3.8, 4) is 0 Å². The number of carbonyl (C=O) groups excluding carboxylic acids is 2. The van der Waals surface area contributed by atoms with Crippen LogP contribution in [0.15, 0.2) is 24.3 Å². The number of anilines is 1. The molecule has 106 valence electrons. The summed E-state index contributed by atoms with van der Waals surface area (Å²) in [5.74, 6) is -6.84. The molecule has 0 saturated carbocycles. The highest BCUT2D eigenvalue weighted by Gasteiger charge is 2.36. The van der Waals surface area contributed by atoms with Gasteiger partial charge in [0, 0.05) is 18.3 Å². The van der Waals surface area contributed by atoms with E-state index in [1.54, 1.807) is 0 Å². The van der Waals surface area contributed by atoms with Crippen LogP contribution < -0.4 is 4.90 Å². The van der Waals surface area contributed by atoms with E-state index in [1.807, 2.05) is 0 Å². The van der Waals surface area contributed by atoms with Crippen LogP contribution in [0.5, 0.6) is 0 Å². The van der Waals surface area contributed by atoms with Gasteiger partial charge in [0.05, 0.1) is 0 Å². The molecule has 0 unspecified atom stereocenters. The number of carboxylic acids is 2. The van der Waals surface area contributed by atoms with Crippen LogP contribution in [0.3, 0.4) is 0 Å². The number of hydrogen-bond donors (Lipinski definition) is 2. The molecule has 1 aromatic carbocycles. The zero-order valence-corrected chi connectivity index (χ0v) is 10.9. The summed E-state index contributed by atoms with van der Waals surface area (Å²) in [7, 11) is 1.27. The topological polar surface area (TPSA) is 112 Å². The minimum Gasteiger partial charge on any atom is -0.480 e. The molecule has 0 aliphatic rings. The number of nitrogens with zero attached hydrogens (tertiary/aromatic N) is 1. The zero-order valence-electron chi connectivity index (χ0n) is 10.9. The first-order valence-electron chi connectivity index (χ1n) is 5.60. The van der Waals surface area contributed by atoms with E-state index in [1.165, 1.54) is 38.2 Å². The Hall–Kier alpha value is -2.70. The largest absolute Gasteiger partial charge is 0.480 e. The molecule has 0 bridgehead atoms. The molecular formula is C13H13NO6. The fourth-order valence-electron chi connectivity index (χ4n) is 1.56. The quantitative estimate of drug-likeness (QED) is 0.604. The molecule has 0 aliphatic heterocycles. The molecular weight excluding hydrogens is 266 g/mol. The van der Waals surface area contributed by atoms with Gasteiger partial charge in [0.15, 0.2) is 5.78 Å². The number of Topliss-reactive ketones (excluding diaryl/α,β-unsaturated/α-hetero) is 1. The van der Waals surface area contributed by atoms with Crippen LogP contribution in [0, 0.1) is 5.92 Å². The summed E-state index contributed by atoms with van der Waals surface area (Å²) in [6.07, 6.45) is 0. The fourth-order valence-corrected chi connectivity index (χ4v) is 1.56. The Morgan fingerprint density at radius 3 is 1.80 bits per heavy atom. The summed E-state index contributed by atoms with van der Waals surface area (Å²) < 4.78 is 0. The lowest BCUT2D eigenvalue weighted by Gasteiger charge is -2.19. The number of ketones is 1. The normalized spacial score (nSPS) is 10.2. The van der Waals surface area contributed by atoms with Crippen LogP contribution in [0.2, 0.25) is 0 Å². The summed E-state index contributed by atoms with van der Waals surface area (Å²) in [6, 6.07) is 5.82. The third-order valence-electron chi connectivity index (χ3n) is 2.73. The van der Waals surface area contributed by atoms with Crippen molar-refractivity contribution >= 4 is 29.3 Å². The maximum absolute atomic E-state index is 11.8. The van der Waals surface area contributed by atoms with Gasteiger partial charge in [-0.2, -0.15) is 0 Å². The van der Waals surface area contributed by atoms with Crippen molar-refractivity contribution in [2.24, 2.45) is 5.92 Å². The highest BCUT2D eigenvalue weighted by molar-refractivity contribution is 6.17. The van der Waals surface area contributed by atoms with E-state index in [9.17, 15) is 19.2 Å². The highest BCUT2D eigenvalue weighted by Crippen LogP contribution is 2.17. The zero-order chi connectivity index (χ0) is 15.4. The minimum absolute atomic E-state index is 0.153.